The molecule has 3 aromatic rings. The van der Waals surface area contributed by atoms with Crippen LogP contribution < -0.4 is 0 Å². The van der Waals surface area contributed by atoms with Crippen LogP contribution in [0, 0.1) is 11.8 Å². The van der Waals surface area contributed by atoms with Crippen LogP contribution in [0.2, 0.25) is 0 Å². The topological polar surface area (TPSA) is 26.3 Å². The van der Waals surface area contributed by atoms with Gasteiger partial charge in [0, 0.05) is 12.3 Å². The lowest BCUT2D eigenvalue weighted by molar-refractivity contribution is -0.127. The second-order valence-corrected chi connectivity index (χ2v) is 7.94. The Kier molecular flexibility index (Phi) is 2.94. The van der Waals surface area contributed by atoms with Gasteiger partial charge in [-0.15, -0.1) is 0 Å². The maximum Gasteiger partial charge on any atom is 0.140 e. The van der Waals surface area contributed by atoms with Gasteiger partial charge in [-0.2, -0.15) is 0 Å². The fraction of sp³-hybridized carbons (Fsp3) is 0.240. The van der Waals surface area contributed by atoms with Crippen LogP contribution in [-0.2, 0) is 20.7 Å². The molecular weight excluding hydrogens is 332 g/mol. The van der Waals surface area contributed by atoms with Crippen molar-refractivity contribution in [2.24, 2.45) is 11.8 Å². The van der Waals surface area contributed by atoms with Crippen molar-refractivity contribution in [1.29, 1.82) is 0 Å². The van der Waals surface area contributed by atoms with Gasteiger partial charge < -0.3 is 4.74 Å². The lowest BCUT2D eigenvalue weighted by atomic mass is 9.61. The lowest BCUT2D eigenvalue weighted by Crippen LogP contribution is -2.40. The fourth-order valence-corrected chi connectivity index (χ4v) is 5.99. The van der Waals surface area contributed by atoms with Crippen molar-refractivity contribution in [1.82, 2.24) is 0 Å². The highest BCUT2D eigenvalue weighted by atomic mass is 16.5. The molecule has 0 unspecified atom stereocenters. The van der Waals surface area contributed by atoms with E-state index in [1.807, 2.05) is 24.3 Å². The molecule has 1 aliphatic carbocycles. The van der Waals surface area contributed by atoms with Gasteiger partial charge in [0.2, 0.25) is 0 Å². The van der Waals surface area contributed by atoms with Gasteiger partial charge in [-0.25, -0.2) is 0 Å². The molecule has 3 aromatic carbocycles. The first-order valence-electron chi connectivity index (χ1n) is 9.72. The van der Waals surface area contributed by atoms with Gasteiger partial charge in [-0.3, -0.25) is 4.79 Å². The Hall–Kier alpha value is -2.71. The summed E-state index contributed by atoms with van der Waals surface area (Å²) in [5.74, 6) is 0.411. The highest BCUT2D eigenvalue weighted by Crippen LogP contribution is 2.71. The van der Waals surface area contributed by atoms with E-state index in [2.05, 4.69) is 60.7 Å². The average molecular weight is 352 g/mol. The van der Waals surface area contributed by atoms with Crippen LogP contribution >= 0.6 is 0 Å². The van der Waals surface area contributed by atoms with Crippen LogP contribution in [-0.4, -0.2) is 5.78 Å². The number of fused-ring (bicyclic) bond motifs is 8. The van der Waals surface area contributed by atoms with Crippen molar-refractivity contribution in [2.75, 3.05) is 0 Å². The number of ketones is 1. The molecule has 2 heteroatoms. The molecule has 27 heavy (non-hydrogen) atoms. The maximum atomic E-state index is 13.1. The predicted octanol–water partition coefficient (Wildman–Crippen LogP) is 4.81. The molecule has 0 spiro atoms. The Morgan fingerprint density at radius 3 is 1.85 bits per heavy atom. The second kappa shape index (κ2) is 5.17. The third-order valence-electron chi connectivity index (χ3n) is 6.87. The molecule has 6 rings (SSSR count). The van der Waals surface area contributed by atoms with Crippen molar-refractivity contribution < 1.29 is 9.53 Å². The third kappa shape index (κ3) is 1.68. The van der Waals surface area contributed by atoms with Gasteiger partial charge in [-0.1, -0.05) is 84.9 Å². The van der Waals surface area contributed by atoms with Gasteiger partial charge in [-0.05, 0) is 28.7 Å². The highest BCUT2D eigenvalue weighted by molar-refractivity contribution is 5.88. The number of hydrogen-bond acceptors (Lipinski definition) is 2. The summed E-state index contributed by atoms with van der Waals surface area (Å²) in [5, 5.41) is 0. The van der Waals surface area contributed by atoms with Crippen LogP contribution in [0.3, 0.4) is 0 Å². The molecule has 4 atom stereocenters. The first-order chi connectivity index (χ1) is 13.3. The minimum absolute atomic E-state index is 0.116. The monoisotopic (exact) mass is 352 g/mol. The minimum atomic E-state index is -0.675. The number of hydrogen-bond donors (Lipinski definition) is 0. The SMILES string of the molecule is O=C1CC[C@@H]2[C@H]1[C@]1(c3ccccc3)O[C@@]2(c2ccccc2)c2ccccc21. The molecule has 132 valence electrons. The van der Waals surface area contributed by atoms with Crippen molar-refractivity contribution in [3.05, 3.63) is 107 Å². The smallest absolute Gasteiger partial charge is 0.140 e. The zero-order valence-electron chi connectivity index (χ0n) is 15.0. The first-order valence-corrected chi connectivity index (χ1v) is 9.72. The first kappa shape index (κ1) is 15.4. The summed E-state index contributed by atoms with van der Waals surface area (Å²) in [7, 11) is 0. The van der Waals surface area contributed by atoms with Gasteiger partial charge in [0.05, 0.1) is 5.92 Å². The van der Waals surface area contributed by atoms with Gasteiger partial charge in [0.25, 0.3) is 0 Å². The van der Waals surface area contributed by atoms with E-state index in [9.17, 15) is 4.79 Å². The molecule has 0 aromatic heterocycles. The number of carbonyl (C=O) groups is 1. The molecule has 0 N–H and O–H groups in total. The Labute approximate surface area is 158 Å². The summed E-state index contributed by atoms with van der Waals surface area (Å²) in [6.07, 6.45) is 1.54. The molecule has 1 saturated carbocycles. The van der Waals surface area contributed by atoms with E-state index >= 15 is 0 Å². The largest absolute Gasteiger partial charge is 0.349 e. The summed E-state index contributed by atoms with van der Waals surface area (Å²) in [5.41, 5.74) is 3.44. The van der Waals surface area contributed by atoms with Gasteiger partial charge >= 0.3 is 0 Å². The lowest BCUT2D eigenvalue weighted by Gasteiger charge is -2.36. The van der Waals surface area contributed by atoms with Gasteiger partial charge in [0.15, 0.2) is 0 Å². The molecule has 2 aliphatic heterocycles. The molecule has 1 saturated heterocycles. The Morgan fingerprint density at radius 1 is 0.704 bits per heavy atom. The second-order valence-electron chi connectivity index (χ2n) is 7.94. The average Bonchev–Trinajstić information content (AvgIpc) is 3.38. The summed E-state index contributed by atoms with van der Waals surface area (Å²) in [6, 6.07) is 29.4. The number of ether oxygens (including phenoxy) is 1. The predicted molar refractivity (Wildman–Crippen MR) is 103 cm³/mol. The third-order valence-corrected chi connectivity index (χ3v) is 6.87. The molecule has 0 amide bonds. The van der Waals surface area contributed by atoms with E-state index in [0.29, 0.717) is 12.2 Å². The van der Waals surface area contributed by atoms with Crippen LogP contribution in [0.15, 0.2) is 84.9 Å². The van der Waals surface area contributed by atoms with Crippen LogP contribution in [0.1, 0.15) is 35.1 Å². The highest BCUT2D eigenvalue weighted by Gasteiger charge is 2.73. The van der Waals surface area contributed by atoms with E-state index < -0.39 is 11.2 Å². The van der Waals surface area contributed by atoms with E-state index in [1.54, 1.807) is 0 Å². The molecule has 2 bridgehead atoms. The van der Waals surface area contributed by atoms with Crippen molar-refractivity contribution in [3.8, 4) is 0 Å². The Morgan fingerprint density at radius 2 is 1.22 bits per heavy atom. The zero-order chi connectivity index (χ0) is 18.1. The summed E-state index contributed by atoms with van der Waals surface area (Å²) in [4.78, 5) is 13.1. The summed E-state index contributed by atoms with van der Waals surface area (Å²) >= 11 is 0. The van der Waals surface area contributed by atoms with E-state index in [4.69, 9.17) is 4.74 Å². The van der Waals surface area contributed by atoms with E-state index in [0.717, 1.165) is 23.1 Å². The fourth-order valence-electron chi connectivity index (χ4n) is 5.99. The normalized spacial score (nSPS) is 33.1. The zero-order valence-corrected chi connectivity index (χ0v) is 15.0. The summed E-state index contributed by atoms with van der Waals surface area (Å²) in [6.45, 7) is 0. The van der Waals surface area contributed by atoms with Crippen LogP contribution in [0.5, 0.6) is 0 Å². The van der Waals surface area contributed by atoms with Crippen molar-refractivity contribution in [2.45, 2.75) is 24.0 Å². The minimum Gasteiger partial charge on any atom is -0.349 e. The van der Waals surface area contributed by atoms with Crippen molar-refractivity contribution in [3.63, 3.8) is 0 Å². The molecule has 2 nitrogen and oxygen atoms in total. The van der Waals surface area contributed by atoms with E-state index in [1.165, 1.54) is 5.56 Å². The quantitative estimate of drug-likeness (QED) is 0.661. The number of rotatable bonds is 2. The standard InChI is InChI=1S/C25H20O2/c26-22-16-15-21-23(22)25(18-11-5-2-6-12-18)20-14-8-7-13-19(20)24(21,27-25)17-9-3-1-4-10-17/h1-14,21,23H,15-16H2/t21-,23-,24+,25-/m1/s1. The van der Waals surface area contributed by atoms with Crippen molar-refractivity contribution >= 4 is 5.78 Å². The molecular formula is C25H20O2. The molecule has 2 heterocycles. The van der Waals surface area contributed by atoms with Gasteiger partial charge in [0.1, 0.15) is 17.0 Å². The number of carbonyl (C=O) groups excluding carboxylic acids is 1. The molecule has 3 aliphatic rings. The Bertz CT molecular complexity index is 1040. The summed E-state index contributed by atoms with van der Waals surface area (Å²) < 4.78 is 7.11. The number of Topliss-reactive ketones (excluding diaryl/α,β-unsaturated/α-hetero) is 1. The maximum absolute atomic E-state index is 13.1. The van der Waals surface area contributed by atoms with Crippen LogP contribution in [0.25, 0.3) is 0 Å². The number of benzene rings is 3. The molecule has 0 radical (unpaired) electrons. The van der Waals surface area contributed by atoms with E-state index in [-0.39, 0.29) is 11.8 Å². The molecule has 2 fully saturated rings. The van der Waals surface area contributed by atoms with Crippen LogP contribution in [0.4, 0.5) is 0 Å². The Balaban J connectivity index is 1.73.